The number of Topliss-reactive ketones (excluding diaryl/α,β-unsaturated/α-hetero) is 2. The van der Waals surface area contributed by atoms with Gasteiger partial charge >= 0.3 is 30.0 Å². The van der Waals surface area contributed by atoms with Crippen LogP contribution in [0.3, 0.4) is 0 Å². The SMILES string of the molecule is O=C(C(=O)C(F)(F)F)C(F)(F)F.[C-]#[N+]c1cccc(NC(=O)N2CC[C@H](CC(=O)Nc3ccc4cc3CCc3cncc(c3)Nc3ncc(Cl)c(n3)N4)C2)c1. The maximum absolute atomic E-state index is 13.2. The number of alkyl halides is 6. The number of anilines is 6. The fourth-order valence-electron chi connectivity index (χ4n) is 5.51. The number of carbonyl (C=O) groups is 4. The minimum Gasteiger partial charge on any atom is -0.339 e. The average molecular weight is 788 g/mol. The normalized spacial score (nSPS) is 14.9. The van der Waals surface area contributed by atoms with Crippen LogP contribution in [0.15, 0.2) is 67.1 Å². The number of carbonyl (C=O) groups excluding carboxylic acids is 4. The van der Waals surface area contributed by atoms with Gasteiger partial charge in [-0.3, -0.25) is 19.4 Å². The molecule has 55 heavy (non-hydrogen) atoms. The molecule has 20 heteroatoms. The molecule has 1 atom stereocenters. The van der Waals surface area contributed by atoms with Crippen molar-refractivity contribution in [3.8, 4) is 0 Å². The minimum absolute atomic E-state index is 0.0433. The average Bonchev–Trinajstić information content (AvgIpc) is 3.60. The second-order valence-corrected chi connectivity index (χ2v) is 12.6. The first kappa shape index (κ1) is 39.9. The molecule has 6 rings (SSSR count). The quantitative estimate of drug-likeness (QED) is 0.0899. The Balaban J connectivity index is 0.000000418. The van der Waals surface area contributed by atoms with E-state index in [0.717, 1.165) is 34.6 Å². The zero-order valence-corrected chi connectivity index (χ0v) is 28.9. The molecule has 1 fully saturated rings. The number of halogens is 7. The van der Waals surface area contributed by atoms with Crippen LogP contribution in [0.1, 0.15) is 24.0 Å². The van der Waals surface area contributed by atoms with Crippen molar-refractivity contribution in [3.05, 3.63) is 94.7 Å². The summed E-state index contributed by atoms with van der Waals surface area (Å²) in [4.78, 5) is 63.4. The van der Waals surface area contributed by atoms with Gasteiger partial charge in [-0.1, -0.05) is 23.7 Å². The summed E-state index contributed by atoms with van der Waals surface area (Å²) < 4.78 is 67.0. The van der Waals surface area contributed by atoms with Gasteiger partial charge in [0.15, 0.2) is 11.5 Å². The third-order valence-electron chi connectivity index (χ3n) is 8.12. The second-order valence-electron chi connectivity index (χ2n) is 12.2. The molecular formula is C35H28ClF6N9O4. The van der Waals surface area contributed by atoms with Crippen LogP contribution in [0, 0.1) is 12.5 Å². The van der Waals surface area contributed by atoms with E-state index in [1.807, 2.05) is 30.5 Å². The summed E-state index contributed by atoms with van der Waals surface area (Å²) in [5.74, 6) is -6.02. The van der Waals surface area contributed by atoms with Crippen LogP contribution in [0.25, 0.3) is 4.85 Å². The third-order valence-corrected chi connectivity index (χ3v) is 8.39. The first-order valence-corrected chi connectivity index (χ1v) is 16.6. The molecule has 286 valence electrons. The van der Waals surface area contributed by atoms with Crippen LogP contribution in [-0.2, 0) is 27.2 Å². The largest absolute Gasteiger partial charge is 0.458 e. The standard InChI is InChI=1S/C31H28ClN9O2.C4F6O2/c1-33-22-3-2-4-23(14-22)38-31(43)41-10-9-20(18-41)12-28(42)39-27-8-7-24-13-21(27)6-5-19-11-25(16-34-15-19)37-30-35-17-26(32)29(36-24)40-30;5-3(6,7)1(11)2(12)4(8,9)10/h2-4,7-8,11,13-17,20H,5-6,9-10,12,18H2,(H,38,43)(H,39,42)(H2,35,36,37,40);/t20-;/m1./s1. The number of aromatic nitrogens is 3. The Bertz CT molecular complexity index is 2140. The lowest BCUT2D eigenvalue weighted by atomic mass is 10.0. The minimum atomic E-state index is -5.77. The highest BCUT2D eigenvalue weighted by molar-refractivity contribution is 6.41. The van der Waals surface area contributed by atoms with E-state index >= 15 is 0 Å². The molecule has 2 aliphatic rings. The number of nitrogens with one attached hydrogen (secondary N) is 4. The van der Waals surface area contributed by atoms with Gasteiger partial charge in [0.05, 0.1) is 24.7 Å². The first-order valence-electron chi connectivity index (χ1n) is 16.2. The molecule has 0 saturated carbocycles. The molecule has 4 N–H and O–H groups in total. The monoisotopic (exact) mass is 787 g/mol. The van der Waals surface area contributed by atoms with E-state index < -0.39 is 23.9 Å². The summed E-state index contributed by atoms with van der Waals surface area (Å²) in [6.07, 6.45) is -4.07. The van der Waals surface area contributed by atoms with E-state index in [2.05, 4.69) is 41.1 Å². The Labute approximate surface area is 313 Å². The number of hydrogen-bond donors (Lipinski definition) is 4. The Hall–Kier alpha value is -6.29. The number of likely N-dealkylation sites (tertiary alicyclic amines) is 1. The van der Waals surface area contributed by atoms with Crippen LogP contribution in [0.2, 0.25) is 5.02 Å². The highest BCUT2D eigenvalue weighted by atomic mass is 35.5. The van der Waals surface area contributed by atoms with Crippen LogP contribution < -0.4 is 21.3 Å². The fraction of sp³-hybridized carbons (Fsp3) is 0.257. The molecule has 0 aliphatic carbocycles. The highest BCUT2D eigenvalue weighted by Gasteiger charge is 2.54. The highest BCUT2D eigenvalue weighted by Crippen LogP contribution is 2.30. The Morgan fingerprint density at radius 1 is 0.909 bits per heavy atom. The van der Waals surface area contributed by atoms with E-state index in [-0.39, 0.29) is 17.9 Å². The number of benzene rings is 2. The van der Waals surface area contributed by atoms with E-state index in [1.165, 1.54) is 6.20 Å². The summed E-state index contributed by atoms with van der Waals surface area (Å²) >= 11 is 6.37. The number of nitrogens with zero attached hydrogens (tertiary/aromatic N) is 5. The van der Waals surface area contributed by atoms with Crippen LogP contribution in [0.5, 0.6) is 0 Å². The Morgan fingerprint density at radius 2 is 1.65 bits per heavy atom. The van der Waals surface area contributed by atoms with Gasteiger partial charge in [-0.2, -0.15) is 31.3 Å². The van der Waals surface area contributed by atoms with Gasteiger partial charge in [-0.15, -0.1) is 0 Å². The summed E-state index contributed by atoms with van der Waals surface area (Å²) in [6.45, 7) is 8.20. The number of amides is 3. The first-order chi connectivity index (χ1) is 26.0. The lowest BCUT2D eigenvalue weighted by Crippen LogP contribution is -2.39. The summed E-state index contributed by atoms with van der Waals surface area (Å²) in [7, 11) is 0. The predicted octanol–water partition coefficient (Wildman–Crippen LogP) is 7.79. The van der Waals surface area contributed by atoms with Crippen molar-refractivity contribution in [2.45, 2.75) is 38.0 Å². The molecule has 0 spiro atoms. The second kappa shape index (κ2) is 16.8. The van der Waals surface area contributed by atoms with Gasteiger partial charge in [0.1, 0.15) is 5.02 Å². The lowest BCUT2D eigenvalue weighted by Gasteiger charge is -2.18. The van der Waals surface area contributed by atoms with Gasteiger partial charge < -0.3 is 26.2 Å². The number of hydrogen-bond acceptors (Lipinski definition) is 9. The molecule has 3 amide bonds. The fourth-order valence-corrected chi connectivity index (χ4v) is 5.65. The van der Waals surface area contributed by atoms with Crippen molar-refractivity contribution >= 4 is 75.3 Å². The topological polar surface area (TPSA) is 163 Å². The van der Waals surface area contributed by atoms with Crippen LogP contribution in [0.4, 0.5) is 71.3 Å². The Morgan fingerprint density at radius 3 is 2.36 bits per heavy atom. The smallest absolute Gasteiger partial charge is 0.339 e. The van der Waals surface area contributed by atoms with Gasteiger partial charge in [0, 0.05) is 42.8 Å². The number of urea groups is 1. The zero-order chi connectivity index (χ0) is 39.9. The van der Waals surface area contributed by atoms with E-state index in [4.69, 9.17) is 18.2 Å². The van der Waals surface area contributed by atoms with Gasteiger partial charge in [-0.25, -0.2) is 14.6 Å². The summed E-state index contributed by atoms with van der Waals surface area (Å²) in [5, 5.41) is 12.8. The van der Waals surface area contributed by atoms with E-state index in [0.29, 0.717) is 60.5 Å². The van der Waals surface area contributed by atoms with Crippen LogP contribution >= 0.6 is 11.6 Å². The van der Waals surface area contributed by atoms with E-state index in [9.17, 15) is 45.5 Å². The molecular weight excluding hydrogens is 760 g/mol. The molecule has 2 aromatic heterocycles. The third kappa shape index (κ3) is 10.9. The molecule has 0 radical (unpaired) electrons. The van der Waals surface area contributed by atoms with Crippen molar-refractivity contribution in [2.24, 2.45) is 5.92 Å². The molecule has 4 heterocycles. The number of fused-ring (bicyclic) bond motifs is 6. The van der Waals surface area contributed by atoms with Crippen molar-refractivity contribution in [1.29, 1.82) is 0 Å². The maximum Gasteiger partial charge on any atom is 0.458 e. The zero-order valence-electron chi connectivity index (χ0n) is 28.2. The molecule has 13 nitrogen and oxygen atoms in total. The number of pyridine rings is 1. The Kier molecular flexibility index (Phi) is 12.2. The van der Waals surface area contributed by atoms with Gasteiger partial charge in [0.2, 0.25) is 11.9 Å². The number of ketones is 2. The molecule has 2 aliphatic heterocycles. The molecule has 1 saturated heterocycles. The lowest BCUT2D eigenvalue weighted by molar-refractivity contribution is -0.193. The predicted molar refractivity (Wildman–Crippen MR) is 188 cm³/mol. The maximum atomic E-state index is 13.2. The summed E-state index contributed by atoms with van der Waals surface area (Å²) in [5.41, 5.74) is 5.30. The molecule has 0 unspecified atom stereocenters. The molecule has 4 aromatic rings. The molecule has 6 bridgehead atoms. The van der Waals surface area contributed by atoms with Crippen LogP contribution in [-0.4, -0.2) is 68.8 Å². The van der Waals surface area contributed by atoms with Crippen molar-refractivity contribution in [1.82, 2.24) is 19.9 Å². The summed E-state index contributed by atoms with van der Waals surface area (Å²) in [6, 6.07) is 14.3. The van der Waals surface area contributed by atoms with Crippen molar-refractivity contribution in [3.63, 3.8) is 0 Å². The van der Waals surface area contributed by atoms with Gasteiger partial charge in [-0.05, 0) is 72.7 Å². The number of aryl methyl sites for hydroxylation is 2. The van der Waals surface area contributed by atoms with Gasteiger partial charge in [0.25, 0.3) is 0 Å². The van der Waals surface area contributed by atoms with Crippen molar-refractivity contribution in [2.75, 3.05) is 34.4 Å². The van der Waals surface area contributed by atoms with E-state index in [1.54, 1.807) is 35.4 Å². The van der Waals surface area contributed by atoms with Crippen molar-refractivity contribution < 1.29 is 45.5 Å². The molecule has 2 aromatic carbocycles. The number of rotatable bonds is 5.